The Labute approximate surface area is 167 Å². The van der Waals surface area contributed by atoms with Gasteiger partial charge in [0.25, 0.3) is 20.2 Å². The van der Waals surface area contributed by atoms with E-state index in [1.165, 1.54) is 48.6 Å². The summed E-state index contributed by atoms with van der Waals surface area (Å²) < 4.78 is 64.4. The Morgan fingerprint density at radius 3 is 1.32 bits per heavy atom. The van der Waals surface area contributed by atoms with Gasteiger partial charge in [-0.2, -0.15) is 16.8 Å². The van der Waals surface area contributed by atoms with Crippen LogP contribution in [0.1, 0.15) is 11.1 Å². The number of anilines is 2. The summed E-state index contributed by atoms with van der Waals surface area (Å²) in [5, 5.41) is 0. The normalized spacial score (nSPS) is 12.1. The van der Waals surface area contributed by atoms with Gasteiger partial charge < -0.3 is 11.5 Å². The molecule has 0 unspecified atom stereocenters. The molecule has 0 saturated heterocycles. The van der Waals surface area contributed by atoms with E-state index in [0.29, 0.717) is 0 Å². The van der Waals surface area contributed by atoms with Gasteiger partial charge in [-0.15, -0.1) is 0 Å². The topological polar surface area (TPSA) is 161 Å². The van der Waals surface area contributed by atoms with Crippen molar-refractivity contribution in [3.8, 4) is 0 Å². The zero-order valence-corrected chi connectivity index (χ0v) is 13.8. The quantitative estimate of drug-likeness (QED) is 0.257. The molecule has 2 aromatic rings. The van der Waals surface area contributed by atoms with E-state index in [1.54, 1.807) is 0 Å². The van der Waals surface area contributed by atoms with Crippen molar-refractivity contribution in [1.29, 1.82) is 0 Å². The molecule has 2 aromatic carbocycles. The van der Waals surface area contributed by atoms with Crippen molar-refractivity contribution in [2.24, 2.45) is 0 Å². The Balaban J connectivity index is 0.00000312. The van der Waals surface area contributed by atoms with Gasteiger partial charge in [-0.1, -0.05) is 36.4 Å². The summed E-state index contributed by atoms with van der Waals surface area (Å²) in [5.41, 5.74) is 10.9. The van der Waals surface area contributed by atoms with Crippen molar-refractivity contribution in [3.05, 3.63) is 47.5 Å². The van der Waals surface area contributed by atoms with Crippen molar-refractivity contribution < 1.29 is 25.9 Å². The predicted octanol–water partition coefficient (Wildman–Crippen LogP) is 0.866. The number of hydrogen-bond acceptors (Lipinski definition) is 6. The van der Waals surface area contributed by atoms with Crippen molar-refractivity contribution >= 4 is 73.3 Å². The molecule has 0 spiro atoms. The molecule has 0 amide bonds. The monoisotopic (exact) mass is 394 g/mol. The number of nitrogens with two attached hydrogens (primary N) is 2. The second kappa shape index (κ2) is 7.87. The van der Waals surface area contributed by atoms with Gasteiger partial charge in [-0.25, -0.2) is 0 Å². The first-order valence-corrected chi connectivity index (χ1v) is 9.30. The Hall–Kier alpha value is -1.40. The summed E-state index contributed by atoms with van der Waals surface area (Å²) >= 11 is 0. The Bertz CT molecular complexity index is 950. The van der Waals surface area contributed by atoms with E-state index in [4.69, 9.17) is 11.5 Å². The second-order valence-corrected chi connectivity index (χ2v) is 7.53. The first-order chi connectivity index (χ1) is 11.0. The molecule has 0 atom stereocenters. The zero-order chi connectivity index (χ0) is 18.1. The van der Waals surface area contributed by atoms with Gasteiger partial charge >= 0.3 is 29.6 Å². The van der Waals surface area contributed by atoms with Crippen molar-refractivity contribution in [2.75, 3.05) is 11.5 Å². The summed E-state index contributed by atoms with van der Waals surface area (Å²) in [6.45, 7) is 0. The molecule has 0 fully saturated rings. The van der Waals surface area contributed by atoms with Gasteiger partial charge in [0.15, 0.2) is 0 Å². The Morgan fingerprint density at radius 1 is 0.720 bits per heavy atom. The molecular formula is C14H15N2NaO6S2. The molecule has 130 valence electrons. The summed E-state index contributed by atoms with van der Waals surface area (Å²) in [4.78, 5) is -1.00. The summed E-state index contributed by atoms with van der Waals surface area (Å²) in [7, 11) is -9.17. The van der Waals surface area contributed by atoms with Gasteiger partial charge in [0.2, 0.25) is 0 Å². The third kappa shape index (κ3) is 5.05. The minimum absolute atomic E-state index is 0. The van der Waals surface area contributed by atoms with E-state index in [0.717, 1.165) is 0 Å². The second-order valence-electron chi connectivity index (χ2n) is 4.81. The minimum atomic E-state index is -4.58. The van der Waals surface area contributed by atoms with E-state index in [-0.39, 0.29) is 52.1 Å². The van der Waals surface area contributed by atoms with E-state index in [9.17, 15) is 25.9 Å². The molecule has 0 aliphatic heterocycles. The fourth-order valence-corrected chi connectivity index (χ4v) is 3.78. The van der Waals surface area contributed by atoms with Crippen molar-refractivity contribution in [1.82, 2.24) is 0 Å². The van der Waals surface area contributed by atoms with Gasteiger partial charge in [0, 0.05) is 0 Å². The molecular weight excluding hydrogens is 379 g/mol. The molecule has 0 aliphatic carbocycles. The molecule has 0 aliphatic rings. The summed E-state index contributed by atoms with van der Waals surface area (Å²) in [5.74, 6) is 0. The molecule has 0 aromatic heterocycles. The molecule has 0 bridgehead atoms. The van der Waals surface area contributed by atoms with Crippen LogP contribution in [-0.4, -0.2) is 55.5 Å². The van der Waals surface area contributed by atoms with Crippen LogP contribution in [0.5, 0.6) is 0 Å². The van der Waals surface area contributed by atoms with Crippen molar-refractivity contribution in [2.45, 2.75) is 9.79 Å². The van der Waals surface area contributed by atoms with Crippen LogP contribution in [0.25, 0.3) is 12.2 Å². The number of rotatable bonds is 4. The molecule has 8 nitrogen and oxygen atoms in total. The Kier molecular flexibility index (Phi) is 6.81. The van der Waals surface area contributed by atoms with Crippen LogP contribution in [0.2, 0.25) is 0 Å². The van der Waals surface area contributed by atoms with Crippen LogP contribution in [0.4, 0.5) is 11.4 Å². The van der Waals surface area contributed by atoms with Gasteiger partial charge in [0.1, 0.15) is 9.79 Å². The number of hydrogen-bond donors (Lipinski definition) is 4. The first-order valence-electron chi connectivity index (χ1n) is 6.42. The van der Waals surface area contributed by atoms with Crippen molar-refractivity contribution in [3.63, 3.8) is 0 Å². The predicted molar refractivity (Wildman–Crippen MR) is 97.4 cm³/mol. The molecule has 0 saturated carbocycles. The first kappa shape index (κ1) is 21.6. The van der Waals surface area contributed by atoms with Crippen LogP contribution in [0.3, 0.4) is 0 Å². The van der Waals surface area contributed by atoms with Gasteiger partial charge in [0.05, 0.1) is 11.4 Å². The molecule has 0 heterocycles. The average Bonchev–Trinajstić information content (AvgIpc) is 2.42. The van der Waals surface area contributed by atoms with Gasteiger partial charge in [-0.05, 0) is 23.3 Å². The molecule has 11 heteroatoms. The molecule has 0 radical (unpaired) electrons. The SMILES string of the molecule is Nc1cccc(/C=C/c2cccc(N)c2S(=O)(=O)O)c1S(=O)(=O)O.[NaH]. The van der Waals surface area contributed by atoms with Gasteiger partial charge in [-0.3, -0.25) is 9.11 Å². The molecule has 25 heavy (non-hydrogen) atoms. The van der Waals surface area contributed by atoms with Crippen LogP contribution in [0, 0.1) is 0 Å². The third-order valence-electron chi connectivity index (χ3n) is 3.11. The van der Waals surface area contributed by atoms with E-state index >= 15 is 0 Å². The Morgan fingerprint density at radius 2 is 1.04 bits per heavy atom. The van der Waals surface area contributed by atoms with Crippen LogP contribution >= 0.6 is 0 Å². The third-order valence-corrected chi connectivity index (χ3v) is 5.08. The maximum atomic E-state index is 11.5. The number of benzene rings is 2. The fraction of sp³-hybridized carbons (Fsp3) is 0. The van der Waals surface area contributed by atoms with Crippen LogP contribution in [0.15, 0.2) is 46.2 Å². The molecule has 2 rings (SSSR count). The maximum absolute atomic E-state index is 11.5. The van der Waals surface area contributed by atoms with E-state index in [2.05, 4.69) is 0 Å². The summed E-state index contributed by atoms with van der Waals surface area (Å²) in [6.07, 6.45) is 2.48. The van der Waals surface area contributed by atoms with E-state index in [1.807, 2.05) is 0 Å². The molecule has 6 N–H and O–H groups in total. The van der Waals surface area contributed by atoms with Crippen LogP contribution < -0.4 is 11.5 Å². The van der Waals surface area contributed by atoms with E-state index < -0.39 is 30.0 Å². The number of nitrogen functional groups attached to an aromatic ring is 2. The average molecular weight is 394 g/mol. The zero-order valence-electron chi connectivity index (χ0n) is 12.1. The standard InChI is InChI=1S/C14H14N2O6S2.Na.H/c15-11-5-1-3-9(13(11)23(17,18)19)7-8-10-4-2-6-12(16)14(10)24(20,21)22;;/h1-8H,15-16H2,(H,17,18,19)(H,20,21,22);;/b8-7+;;. The van der Waals surface area contributed by atoms with Crippen LogP contribution in [-0.2, 0) is 20.2 Å². The fourth-order valence-electron chi connectivity index (χ4n) is 2.18. The summed E-state index contributed by atoms with van der Waals surface area (Å²) in [6, 6.07) is 8.26.